The van der Waals surface area contributed by atoms with Gasteiger partial charge in [0.2, 0.25) is 5.91 Å². The van der Waals surface area contributed by atoms with Crippen LogP contribution in [0.25, 0.3) is 0 Å². The van der Waals surface area contributed by atoms with Gasteiger partial charge in [-0.15, -0.1) is 5.10 Å². The fraction of sp³-hybridized carbons (Fsp3) is 0.333. The molecule has 48 heavy (non-hydrogen) atoms. The fourth-order valence-electron chi connectivity index (χ4n) is 6.13. The van der Waals surface area contributed by atoms with E-state index in [9.17, 15) is 19.2 Å². The summed E-state index contributed by atoms with van der Waals surface area (Å²) in [6, 6.07) is 18.8. The van der Waals surface area contributed by atoms with Crippen LogP contribution < -0.4 is 20.1 Å². The van der Waals surface area contributed by atoms with Gasteiger partial charge in [-0.05, 0) is 35.7 Å². The molecule has 248 valence electrons. The molecular weight excluding hydrogens is 612 g/mol. The molecule has 0 saturated carbocycles. The summed E-state index contributed by atoms with van der Waals surface area (Å²) in [5.74, 6) is -0.362. The molecule has 12 heteroatoms. The van der Waals surface area contributed by atoms with Gasteiger partial charge < -0.3 is 25.0 Å². The highest BCUT2D eigenvalue weighted by Crippen LogP contribution is 2.31. The van der Waals surface area contributed by atoms with Crippen LogP contribution in [-0.4, -0.2) is 82.8 Å². The number of carbonyl (C=O) groups excluding carboxylic acids is 4. The minimum Gasteiger partial charge on any atom is -0.493 e. The van der Waals surface area contributed by atoms with Crippen molar-refractivity contribution in [3.63, 3.8) is 0 Å². The lowest BCUT2D eigenvalue weighted by Gasteiger charge is -2.25. The van der Waals surface area contributed by atoms with Crippen LogP contribution in [0, 0.1) is 0 Å². The molecule has 1 aliphatic heterocycles. The number of rotatable bonds is 4. The molecule has 1 aromatic heterocycles. The van der Waals surface area contributed by atoms with Gasteiger partial charge in [0.25, 0.3) is 11.8 Å². The van der Waals surface area contributed by atoms with Crippen LogP contribution in [-0.2, 0) is 30.6 Å². The normalized spacial score (nSPS) is 17.5. The Morgan fingerprint density at radius 3 is 2.58 bits per heavy atom. The Balaban J connectivity index is 1.28. The van der Waals surface area contributed by atoms with Gasteiger partial charge in [-0.1, -0.05) is 53.7 Å². The summed E-state index contributed by atoms with van der Waals surface area (Å²) in [6.45, 7) is 1.47. The van der Waals surface area contributed by atoms with Crippen LogP contribution in [0.15, 0.2) is 72.9 Å². The predicted octanol–water partition coefficient (Wildman–Crippen LogP) is 3.04. The number of benzene rings is 3. The van der Waals surface area contributed by atoms with Gasteiger partial charge in [0.15, 0.2) is 17.3 Å². The number of Topliss-reactive ketones (excluding diaryl/α,β-unsaturated/α-hetero) is 1. The van der Waals surface area contributed by atoms with Crippen LogP contribution in [0.4, 0.5) is 0 Å². The maximum Gasteiger partial charge on any atom is 0.255 e. The molecule has 3 amide bonds. The van der Waals surface area contributed by atoms with Crippen molar-refractivity contribution >= 4 is 23.5 Å². The Morgan fingerprint density at radius 1 is 0.938 bits per heavy atom. The SMILES string of the molecule is COc1cccc2c1OCCCn1cc(nn1)CCN(C(=O)c1cccc3c1CCC3=O)CCNC(=O)[C@H](Cc1ccccc1)NC2=O. The van der Waals surface area contributed by atoms with Crippen LogP contribution in [0.5, 0.6) is 11.5 Å². The van der Waals surface area contributed by atoms with Crippen molar-refractivity contribution in [1.29, 1.82) is 0 Å². The second-order valence-corrected chi connectivity index (χ2v) is 11.8. The van der Waals surface area contributed by atoms with Gasteiger partial charge in [0.1, 0.15) is 6.04 Å². The van der Waals surface area contributed by atoms with Crippen molar-refractivity contribution in [2.45, 2.75) is 44.7 Å². The molecule has 1 atom stereocenters. The summed E-state index contributed by atoms with van der Waals surface area (Å²) >= 11 is 0. The van der Waals surface area contributed by atoms with E-state index in [2.05, 4.69) is 20.9 Å². The van der Waals surface area contributed by atoms with Crippen molar-refractivity contribution in [2.75, 3.05) is 33.4 Å². The molecule has 2 aliphatic rings. The van der Waals surface area contributed by atoms with E-state index in [1.807, 2.05) is 36.5 Å². The summed E-state index contributed by atoms with van der Waals surface area (Å²) in [4.78, 5) is 55.5. The van der Waals surface area contributed by atoms with Gasteiger partial charge in [0.05, 0.1) is 25.0 Å². The second kappa shape index (κ2) is 14.9. The zero-order chi connectivity index (χ0) is 33.5. The zero-order valence-electron chi connectivity index (χ0n) is 26.8. The first-order valence-corrected chi connectivity index (χ1v) is 16.2. The first-order valence-electron chi connectivity index (χ1n) is 16.2. The number of nitrogens with zero attached hydrogens (tertiary/aromatic N) is 4. The average Bonchev–Trinajstić information content (AvgIpc) is 3.73. The van der Waals surface area contributed by atoms with Gasteiger partial charge in [-0.3, -0.25) is 23.9 Å². The van der Waals surface area contributed by atoms with Crippen molar-refractivity contribution in [3.8, 4) is 11.5 Å². The van der Waals surface area contributed by atoms with Gasteiger partial charge in [-0.2, -0.15) is 0 Å². The molecule has 0 saturated heterocycles. The Hall–Kier alpha value is -5.52. The summed E-state index contributed by atoms with van der Waals surface area (Å²) < 4.78 is 13.3. The minimum absolute atomic E-state index is 0.0389. The molecule has 0 fully saturated rings. The third kappa shape index (κ3) is 7.38. The Kier molecular flexibility index (Phi) is 10.1. The fourth-order valence-corrected chi connectivity index (χ4v) is 6.13. The van der Waals surface area contributed by atoms with Crippen LogP contribution in [0.1, 0.15) is 60.7 Å². The van der Waals surface area contributed by atoms with Gasteiger partial charge in [-0.25, -0.2) is 0 Å². The number of para-hydroxylation sites is 1. The molecule has 2 heterocycles. The highest BCUT2D eigenvalue weighted by molar-refractivity contribution is 6.05. The molecule has 0 radical (unpaired) electrons. The molecule has 3 aromatic carbocycles. The lowest BCUT2D eigenvalue weighted by atomic mass is 10.0. The standard InChI is InChI=1S/C36H38N6O6/c1-47-32-13-6-12-29-33(32)48-21-7-18-42-23-25(39-40-42)16-19-41(36(46)28-11-5-10-27-26(28)14-15-31(27)43)20-17-37-35(45)30(38-34(29)44)22-24-8-3-2-4-9-24/h2-6,8-13,23,30H,7,14-22H2,1H3,(H,37,45)(H,38,44)/t30-/m0/s1. The van der Waals surface area contributed by atoms with E-state index in [-0.39, 0.29) is 49.1 Å². The highest BCUT2D eigenvalue weighted by atomic mass is 16.5. The summed E-state index contributed by atoms with van der Waals surface area (Å²) in [5, 5.41) is 14.4. The van der Waals surface area contributed by atoms with Crippen LogP contribution in [0.2, 0.25) is 0 Å². The molecule has 6 rings (SSSR count). The first kappa shape index (κ1) is 32.4. The average molecular weight is 651 g/mol. The maximum atomic E-state index is 14.0. The quantitative estimate of drug-likeness (QED) is 0.343. The predicted molar refractivity (Wildman–Crippen MR) is 176 cm³/mol. The van der Waals surface area contributed by atoms with Crippen molar-refractivity contribution < 1.29 is 28.7 Å². The minimum atomic E-state index is -0.914. The number of nitrogens with one attached hydrogen (secondary N) is 2. The molecule has 4 aromatic rings. The Bertz CT molecular complexity index is 1810. The van der Waals surface area contributed by atoms with Gasteiger partial charge in [0, 0.05) is 69.2 Å². The monoisotopic (exact) mass is 650 g/mol. The van der Waals surface area contributed by atoms with Crippen molar-refractivity contribution in [3.05, 3.63) is 106 Å². The topological polar surface area (TPSA) is 145 Å². The van der Waals surface area contributed by atoms with E-state index in [0.29, 0.717) is 61.3 Å². The smallest absolute Gasteiger partial charge is 0.255 e. The van der Waals surface area contributed by atoms with Crippen LogP contribution in [0.3, 0.4) is 0 Å². The number of amides is 3. The van der Waals surface area contributed by atoms with Crippen molar-refractivity contribution in [1.82, 2.24) is 30.5 Å². The van der Waals surface area contributed by atoms with Gasteiger partial charge >= 0.3 is 0 Å². The number of carbonyl (C=O) groups is 4. The maximum absolute atomic E-state index is 14.0. The molecular formula is C36H38N6O6. The third-order valence-corrected chi connectivity index (χ3v) is 8.63. The number of aromatic nitrogens is 3. The van der Waals surface area contributed by atoms with E-state index in [1.165, 1.54) is 7.11 Å². The number of hydrogen-bond donors (Lipinski definition) is 2. The molecule has 0 unspecified atom stereocenters. The molecule has 12 nitrogen and oxygen atoms in total. The number of ketones is 1. The van der Waals surface area contributed by atoms with Crippen LogP contribution >= 0.6 is 0 Å². The zero-order valence-corrected chi connectivity index (χ0v) is 26.8. The number of ether oxygens (including phenoxy) is 2. The van der Waals surface area contributed by atoms with E-state index >= 15 is 0 Å². The van der Waals surface area contributed by atoms with E-state index in [0.717, 1.165) is 11.1 Å². The number of methoxy groups -OCH3 is 1. The molecule has 2 N–H and O–H groups in total. The second-order valence-electron chi connectivity index (χ2n) is 11.8. The lowest BCUT2D eigenvalue weighted by molar-refractivity contribution is -0.123. The third-order valence-electron chi connectivity index (χ3n) is 8.63. The molecule has 2 bridgehead atoms. The summed E-state index contributed by atoms with van der Waals surface area (Å²) in [7, 11) is 1.51. The highest BCUT2D eigenvalue weighted by Gasteiger charge is 2.28. The Labute approximate surface area is 278 Å². The summed E-state index contributed by atoms with van der Waals surface area (Å²) in [6.07, 6.45) is 4.02. The van der Waals surface area contributed by atoms with Crippen molar-refractivity contribution in [2.24, 2.45) is 0 Å². The largest absolute Gasteiger partial charge is 0.493 e. The van der Waals surface area contributed by atoms with E-state index in [1.54, 1.807) is 46.0 Å². The number of fused-ring (bicyclic) bond motifs is 4. The van der Waals surface area contributed by atoms with E-state index < -0.39 is 17.9 Å². The summed E-state index contributed by atoms with van der Waals surface area (Å²) in [5.41, 5.74) is 3.69. The molecule has 1 aliphatic carbocycles. The number of hydrogen-bond acceptors (Lipinski definition) is 8. The Morgan fingerprint density at radius 2 is 1.75 bits per heavy atom. The first-order chi connectivity index (χ1) is 23.4. The van der Waals surface area contributed by atoms with E-state index in [4.69, 9.17) is 9.47 Å². The lowest BCUT2D eigenvalue weighted by Crippen LogP contribution is -2.50. The number of aryl methyl sites for hydroxylation is 1. The molecule has 0 spiro atoms.